The van der Waals surface area contributed by atoms with Crippen molar-refractivity contribution in [2.45, 2.75) is 32.2 Å². The van der Waals surface area contributed by atoms with Gasteiger partial charge in [0.25, 0.3) is 5.91 Å². The van der Waals surface area contributed by atoms with E-state index in [0.29, 0.717) is 5.56 Å². The van der Waals surface area contributed by atoms with E-state index in [1.807, 2.05) is 42.5 Å². The van der Waals surface area contributed by atoms with Crippen LogP contribution in [0.2, 0.25) is 0 Å². The lowest BCUT2D eigenvalue weighted by atomic mass is 10.0. The summed E-state index contributed by atoms with van der Waals surface area (Å²) in [6.45, 7) is 5.37. The van der Waals surface area contributed by atoms with E-state index in [9.17, 15) is 9.59 Å². The van der Waals surface area contributed by atoms with Crippen molar-refractivity contribution < 1.29 is 9.59 Å². The van der Waals surface area contributed by atoms with E-state index < -0.39 is 0 Å². The molecular weight excluding hydrogens is 350 g/mol. The molecule has 28 heavy (non-hydrogen) atoms. The predicted molar refractivity (Wildman–Crippen MR) is 112 cm³/mol. The van der Waals surface area contributed by atoms with Gasteiger partial charge in [0.05, 0.1) is 6.54 Å². The first-order valence-corrected chi connectivity index (χ1v) is 10.1. The molecule has 0 radical (unpaired) electrons. The number of likely N-dealkylation sites (tertiary alicyclic amines) is 1. The van der Waals surface area contributed by atoms with Crippen molar-refractivity contribution in [1.82, 2.24) is 15.5 Å². The molecule has 2 N–H and O–H groups in total. The number of carbonyl (C=O) groups is 2. The van der Waals surface area contributed by atoms with E-state index in [0.717, 1.165) is 50.0 Å². The van der Waals surface area contributed by atoms with Crippen LogP contribution >= 0.6 is 0 Å². The zero-order valence-electron chi connectivity index (χ0n) is 16.5. The highest BCUT2D eigenvalue weighted by molar-refractivity contribution is 5.96. The van der Waals surface area contributed by atoms with Gasteiger partial charge in [0.1, 0.15) is 0 Å². The maximum Gasteiger partial charge on any atom is 0.251 e. The molecule has 3 rings (SSSR count). The minimum absolute atomic E-state index is 0.00838. The fourth-order valence-corrected chi connectivity index (χ4v) is 3.60. The zero-order valence-corrected chi connectivity index (χ0v) is 16.5. The third-order valence-corrected chi connectivity index (χ3v) is 5.16. The molecule has 2 aromatic carbocycles. The van der Waals surface area contributed by atoms with Gasteiger partial charge in [-0.2, -0.15) is 0 Å². The first kappa shape index (κ1) is 20.1. The maximum absolute atomic E-state index is 12.3. The summed E-state index contributed by atoms with van der Waals surface area (Å²) in [5, 5.41) is 5.75. The van der Waals surface area contributed by atoms with Crippen LogP contribution in [-0.2, 0) is 4.79 Å². The van der Waals surface area contributed by atoms with Crippen LogP contribution in [-0.4, -0.2) is 48.9 Å². The fraction of sp³-hybridized carbons (Fsp3) is 0.391. The highest BCUT2D eigenvalue weighted by atomic mass is 16.2. The predicted octanol–water partition coefficient (Wildman–Crippen LogP) is 3.07. The summed E-state index contributed by atoms with van der Waals surface area (Å²) in [4.78, 5) is 26.9. The molecule has 0 saturated carbocycles. The maximum atomic E-state index is 12.3. The second-order valence-electron chi connectivity index (χ2n) is 7.31. The van der Waals surface area contributed by atoms with E-state index in [1.165, 1.54) is 0 Å². The van der Waals surface area contributed by atoms with Gasteiger partial charge in [-0.25, -0.2) is 0 Å². The van der Waals surface area contributed by atoms with Crippen molar-refractivity contribution in [2.75, 3.05) is 26.2 Å². The molecule has 5 heteroatoms. The lowest BCUT2D eigenvalue weighted by Gasteiger charge is -2.32. The Kier molecular flexibility index (Phi) is 7.20. The molecule has 148 valence electrons. The largest absolute Gasteiger partial charge is 0.352 e. The van der Waals surface area contributed by atoms with Crippen LogP contribution in [0, 0.1) is 0 Å². The Labute approximate surface area is 167 Å². The molecule has 0 bridgehead atoms. The molecule has 1 saturated heterocycles. The normalized spacial score (nSPS) is 15.2. The van der Waals surface area contributed by atoms with Crippen molar-refractivity contribution in [3.05, 3.63) is 60.2 Å². The van der Waals surface area contributed by atoms with Crippen LogP contribution in [0.4, 0.5) is 0 Å². The standard InChI is InChI=1S/C23H29N3O2/c1-2-14-26-15-12-21(13-16-26)25-22(27)17-24-23(28)20-10-8-19(9-11-20)18-6-4-3-5-7-18/h3-11,21H,2,12-17H2,1H3,(H,24,28)(H,25,27). The highest BCUT2D eigenvalue weighted by Gasteiger charge is 2.20. The van der Waals surface area contributed by atoms with Gasteiger partial charge in [0.2, 0.25) is 5.91 Å². The zero-order chi connectivity index (χ0) is 19.8. The fourth-order valence-electron chi connectivity index (χ4n) is 3.60. The van der Waals surface area contributed by atoms with E-state index in [4.69, 9.17) is 0 Å². The third kappa shape index (κ3) is 5.67. The molecule has 0 aliphatic carbocycles. The molecule has 5 nitrogen and oxygen atoms in total. The number of hydrogen-bond acceptors (Lipinski definition) is 3. The smallest absolute Gasteiger partial charge is 0.251 e. The molecule has 2 amide bonds. The van der Waals surface area contributed by atoms with Crippen LogP contribution in [0.15, 0.2) is 54.6 Å². The number of nitrogens with one attached hydrogen (secondary N) is 2. The molecule has 2 aromatic rings. The van der Waals surface area contributed by atoms with Crippen molar-refractivity contribution in [1.29, 1.82) is 0 Å². The number of amides is 2. The number of carbonyl (C=O) groups excluding carboxylic acids is 2. The van der Waals surface area contributed by atoms with E-state index >= 15 is 0 Å². The van der Waals surface area contributed by atoms with Gasteiger partial charge in [0, 0.05) is 24.7 Å². The monoisotopic (exact) mass is 379 g/mol. The SMILES string of the molecule is CCCN1CCC(NC(=O)CNC(=O)c2ccc(-c3ccccc3)cc2)CC1. The van der Waals surface area contributed by atoms with Crippen molar-refractivity contribution >= 4 is 11.8 Å². The summed E-state index contributed by atoms with van der Waals surface area (Å²) in [6, 6.07) is 17.7. The second kappa shape index (κ2) is 10.0. The van der Waals surface area contributed by atoms with E-state index in [2.05, 4.69) is 22.5 Å². The summed E-state index contributed by atoms with van der Waals surface area (Å²) in [5.74, 6) is -0.351. The Hall–Kier alpha value is -2.66. The average molecular weight is 380 g/mol. The van der Waals surface area contributed by atoms with Gasteiger partial charge in [-0.15, -0.1) is 0 Å². The molecule has 1 aliphatic rings. The third-order valence-electron chi connectivity index (χ3n) is 5.16. The summed E-state index contributed by atoms with van der Waals surface area (Å²) < 4.78 is 0. The molecule has 1 heterocycles. The molecule has 1 fully saturated rings. The van der Waals surface area contributed by atoms with E-state index in [-0.39, 0.29) is 24.4 Å². The lowest BCUT2D eigenvalue weighted by molar-refractivity contribution is -0.121. The van der Waals surface area contributed by atoms with Gasteiger partial charge in [-0.3, -0.25) is 9.59 Å². The molecule has 0 aromatic heterocycles. The van der Waals surface area contributed by atoms with Gasteiger partial charge in [-0.05, 0) is 49.1 Å². The van der Waals surface area contributed by atoms with Crippen molar-refractivity contribution in [3.63, 3.8) is 0 Å². The lowest BCUT2D eigenvalue weighted by Crippen LogP contribution is -2.47. The van der Waals surface area contributed by atoms with Gasteiger partial charge < -0.3 is 15.5 Å². The van der Waals surface area contributed by atoms with Crippen LogP contribution in [0.1, 0.15) is 36.5 Å². The summed E-state index contributed by atoms with van der Waals surface area (Å²) >= 11 is 0. The minimum Gasteiger partial charge on any atom is -0.352 e. The number of hydrogen-bond donors (Lipinski definition) is 2. The quantitative estimate of drug-likeness (QED) is 0.777. The topological polar surface area (TPSA) is 61.4 Å². The second-order valence-corrected chi connectivity index (χ2v) is 7.31. The molecule has 0 unspecified atom stereocenters. The van der Waals surface area contributed by atoms with Crippen LogP contribution < -0.4 is 10.6 Å². The number of nitrogens with zero attached hydrogens (tertiary/aromatic N) is 1. The Bertz CT molecular complexity index is 766. The summed E-state index contributed by atoms with van der Waals surface area (Å²) in [7, 11) is 0. The Morgan fingerprint density at radius 1 is 0.964 bits per heavy atom. The minimum atomic E-state index is -0.229. The molecular formula is C23H29N3O2. The summed E-state index contributed by atoms with van der Waals surface area (Å²) in [5.41, 5.74) is 2.73. The summed E-state index contributed by atoms with van der Waals surface area (Å²) in [6.07, 6.45) is 3.11. The number of piperidine rings is 1. The first-order chi connectivity index (χ1) is 13.7. The molecule has 1 aliphatic heterocycles. The van der Waals surface area contributed by atoms with Gasteiger partial charge >= 0.3 is 0 Å². The Morgan fingerprint density at radius 3 is 2.25 bits per heavy atom. The number of rotatable bonds is 7. The Balaban J connectivity index is 1.43. The highest BCUT2D eigenvalue weighted by Crippen LogP contribution is 2.19. The van der Waals surface area contributed by atoms with Crippen molar-refractivity contribution in [3.8, 4) is 11.1 Å². The van der Waals surface area contributed by atoms with Gasteiger partial charge in [-0.1, -0.05) is 49.4 Å². The van der Waals surface area contributed by atoms with E-state index in [1.54, 1.807) is 12.1 Å². The Morgan fingerprint density at radius 2 is 1.61 bits per heavy atom. The van der Waals surface area contributed by atoms with Crippen molar-refractivity contribution in [2.24, 2.45) is 0 Å². The molecule has 0 atom stereocenters. The average Bonchev–Trinajstić information content (AvgIpc) is 2.74. The van der Waals surface area contributed by atoms with Gasteiger partial charge in [0.15, 0.2) is 0 Å². The van der Waals surface area contributed by atoms with Crippen LogP contribution in [0.3, 0.4) is 0 Å². The number of benzene rings is 2. The van der Waals surface area contributed by atoms with Crippen LogP contribution in [0.25, 0.3) is 11.1 Å². The first-order valence-electron chi connectivity index (χ1n) is 10.1. The van der Waals surface area contributed by atoms with Crippen LogP contribution in [0.5, 0.6) is 0 Å². The molecule has 0 spiro atoms.